The monoisotopic (exact) mass is 641 g/mol. The van der Waals surface area contributed by atoms with Crippen LogP contribution < -0.4 is 5.32 Å². The van der Waals surface area contributed by atoms with Gasteiger partial charge in [0.25, 0.3) is 0 Å². The number of carbonyl (C=O) groups is 2. The lowest BCUT2D eigenvalue weighted by Gasteiger charge is -2.52. The maximum Gasteiger partial charge on any atom is 0.246 e. The summed E-state index contributed by atoms with van der Waals surface area (Å²) >= 11 is 0. The number of likely N-dealkylation sites (tertiary alicyclic amines) is 1. The Balaban J connectivity index is 1.27. The summed E-state index contributed by atoms with van der Waals surface area (Å²) < 4.78 is 29.9. The van der Waals surface area contributed by atoms with Gasteiger partial charge in [0.1, 0.15) is 11.6 Å². The number of nitrogens with zero attached hydrogens (tertiary/aromatic N) is 6. The van der Waals surface area contributed by atoms with Gasteiger partial charge < -0.3 is 15.1 Å². The van der Waals surface area contributed by atoms with Gasteiger partial charge in [0.2, 0.25) is 21.8 Å². The largest absolute Gasteiger partial charge is 0.342 e. The van der Waals surface area contributed by atoms with Crippen LogP contribution >= 0.6 is 0 Å². The maximum atomic E-state index is 13.6. The first kappa shape index (κ1) is 33.6. The van der Waals surface area contributed by atoms with Crippen molar-refractivity contribution in [1.82, 2.24) is 34.1 Å². The van der Waals surface area contributed by atoms with Crippen LogP contribution in [0.4, 0.5) is 0 Å². The summed E-state index contributed by atoms with van der Waals surface area (Å²) in [5, 5.41) is 7.92. The number of benzene rings is 1. The van der Waals surface area contributed by atoms with Crippen molar-refractivity contribution in [3.8, 4) is 5.69 Å². The predicted molar refractivity (Wildman–Crippen MR) is 175 cm³/mol. The highest BCUT2D eigenvalue weighted by Crippen LogP contribution is 2.35. The number of piperidine rings is 1. The summed E-state index contributed by atoms with van der Waals surface area (Å²) in [6.07, 6.45) is 3.74. The topological polar surface area (TPSA) is 111 Å². The highest BCUT2D eigenvalue weighted by Gasteiger charge is 2.53. The molecule has 0 aliphatic carbocycles. The Kier molecular flexibility index (Phi) is 10.1. The minimum absolute atomic E-state index is 0.00164. The molecule has 3 aliphatic heterocycles. The van der Waals surface area contributed by atoms with Crippen LogP contribution in [-0.2, 0) is 26.2 Å². The van der Waals surface area contributed by atoms with Crippen LogP contribution in [0.3, 0.4) is 0 Å². The Bertz CT molecular complexity index is 1470. The van der Waals surface area contributed by atoms with Crippen LogP contribution in [0.1, 0.15) is 69.8 Å². The predicted octanol–water partition coefficient (Wildman–Crippen LogP) is 2.93. The molecular weight excluding hydrogens is 590 g/mol. The Morgan fingerprint density at radius 2 is 1.64 bits per heavy atom. The first-order valence-corrected chi connectivity index (χ1v) is 18.0. The Morgan fingerprint density at radius 1 is 1.00 bits per heavy atom. The van der Waals surface area contributed by atoms with E-state index >= 15 is 0 Å². The number of likely N-dealkylation sites (N-methyl/N-ethyl adjacent to an activating group) is 1. The van der Waals surface area contributed by atoms with Crippen LogP contribution in [0.25, 0.3) is 5.69 Å². The van der Waals surface area contributed by atoms with Gasteiger partial charge in [-0.05, 0) is 76.8 Å². The first-order valence-electron chi connectivity index (χ1n) is 16.6. The molecular formula is C33H51N7O4S. The highest BCUT2D eigenvalue weighted by atomic mass is 32.2. The fraction of sp³-hybridized carbons (Fsp3) is 0.667. The molecule has 1 aromatic heterocycles. The van der Waals surface area contributed by atoms with Gasteiger partial charge >= 0.3 is 0 Å². The first-order chi connectivity index (χ1) is 21.4. The quantitative estimate of drug-likeness (QED) is 0.425. The van der Waals surface area contributed by atoms with Crippen molar-refractivity contribution in [2.75, 3.05) is 52.9 Å². The van der Waals surface area contributed by atoms with Gasteiger partial charge in [-0.25, -0.2) is 13.1 Å². The number of sulfonamides is 1. The zero-order chi connectivity index (χ0) is 32.5. The van der Waals surface area contributed by atoms with E-state index in [1.165, 1.54) is 0 Å². The normalized spacial score (nSPS) is 22.0. The van der Waals surface area contributed by atoms with E-state index in [0.717, 1.165) is 48.6 Å². The maximum absolute atomic E-state index is 13.6. The summed E-state index contributed by atoms with van der Waals surface area (Å²) in [6, 6.07) is 6.57. The van der Waals surface area contributed by atoms with Crippen LogP contribution in [0, 0.1) is 19.8 Å². The lowest BCUT2D eigenvalue weighted by molar-refractivity contribution is -0.161. The van der Waals surface area contributed by atoms with Crippen molar-refractivity contribution in [3.05, 3.63) is 41.2 Å². The van der Waals surface area contributed by atoms with Gasteiger partial charge in [-0.3, -0.25) is 14.5 Å². The van der Waals surface area contributed by atoms with Gasteiger partial charge in [-0.1, -0.05) is 27.2 Å². The molecule has 4 heterocycles. The molecule has 1 atom stereocenters. The number of nitrogens with one attached hydrogen (secondary N) is 1. The summed E-state index contributed by atoms with van der Waals surface area (Å²) in [7, 11) is -1.53. The van der Waals surface area contributed by atoms with Gasteiger partial charge in [-0.2, -0.15) is 9.40 Å². The average Bonchev–Trinajstić information content (AvgIpc) is 3.29. The molecule has 0 bridgehead atoms. The second-order valence-electron chi connectivity index (χ2n) is 13.6. The molecule has 0 radical (unpaired) electrons. The summed E-state index contributed by atoms with van der Waals surface area (Å²) in [5.41, 5.74) is 3.10. The van der Waals surface area contributed by atoms with Crippen LogP contribution in [0.15, 0.2) is 29.2 Å². The van der Waals surface area contributed by atoms with E-state index < -0.39 is 21.6 Å². The third kappa shape index (κ3) is 6.70. The summed E-state index contributed by atoms with van der Waals surface area (Å²) in [4.78, 5) is 33.9. The molecule has 2 aromatic rings. The van der Waals surface area contributed by atoms with Crippen molar-refractivity contribution >= 4 is 21.8 Å². The molecule has 3 aliphatic rings. The fourth-order valence-electron chi connectivity index (χ4n) is 7.04. The molecule has 3 saturated heterocycles. The third-order valence-electron chi connectivity index (χ3n) is 9.94. The molecule has 2 amide bonds. The number of piperazine rings is 2. The van der Waals surface area contributed by atoms with Gasteiger partial charge in [0, 0.05) is 63.6 Å². The Labute approximate surface area is 269 Å². The minimum atomic E-state index is -3.54. The molecule has 1 spiro atoms. The van der Waals surface area contributed by atoms with Gasteiger partial charge in [0.15, 0.2) is 0 Å². The average molecular weight is 642 g/mol. The molecule has 11 nitrogen and oxygen atoms in total. The summed E-state index contributed by atoms with van der Waals surface area (Å²) in [5.74, 6) is 0.394. The second kappa shape index (κ2) is 13.5. The lowest BCUT2D eigenvalue weighted by atomic mass is 9.80. The zero-order valence-electron chi connectivity index (χ0n) is 27.9. The number of unbranched alkanes of at least 4 members (excludes halogenated alkanes) is 1. The van der Waals surface area contributed by atoms with Gasteiger partial charge in [0.05, 0.1) is 16.3 Å². The van der Waals surface area contributed by atoms with Crippen molar-refractivity contribution in [2.24, 2.45) is 5.92 Å². The van der Waals surface area contributed by atoms with Crippen molar-refractivity contribution in [2.45, 2.75) is 89.7 Å². The summed E-state index contributed by atoms with van der Waals surface area (Å²) in [6.45, 7) is 15.5. The number of hydrogen-bond donors (Lipinski definition) is 1. The van der Waals surface area contributed by atoms with Crippen molar-refractivity contribution < 1.29 is 18.0 Å². The fourth-order valence-corrected chi connectivity index (χ4v) is 8.46. The van der Waals surface area contributed by atoms with Gasteiger partial charge in [-0.15, -0.1) is 0 Å². The van der Waals surface area contributed by atoms with Crippen LogP contribution in [0.5, 0.6) is 0 Å². The number of aromatic nitrogens is 2. The number of aryl methyl sites for hydroxylation is 1. The second-order valence-corrected chi connectivity index (χ2v) is 15.5. The number of rotatable bonds is 10. The number of amides is 2. The van der Waals surface area contributed by atoms with E-state index in [9.17, 15) is 18.0 Å². The van der Waals surface area contributed by atoms with Crippen molar-refractivity contribution in [1.29, 1.82) is 0 Å². The Morgan fingerprint density at radius 3 is 2.24 bits per heavy atom. The van der Waals surface area contributed by atoms with E-state index in [-0.39, 0.29) is 11.8 Å². The number of hydrogen-bond acceptors (Lipinski definition) is 7. The molecule has 3 fully saturated rings. The minimum Gasteiger partial charge on any atom is -0.342 e. The lowest BCUT2D eigenvalue weighted by Crippen LogP contribution is -2.73. The van der Waals surface area contributed by atoms with E-state index in [4.69, 9.17) is 5.10 Å². The van der Waals surface area contributed by atoms with E-state index in [0.29, 0.717) is 69.3 Å². The van der Waals surface area contributed by atoms with E-state index in [1.54, 1.807) is 16.4 Å². The standard InChI is InChI=1S/C33H51N7O4S/c1-7-8-15-39-31(41)30(22-24(2)3)34-32(42)33(39)13-16-37(17-14-33)23-29-25(4)35-40(26(29)5)27-9-11-28(12-10-27)45(43,44)38-20-18-36(6)19-21-38/h9-12,24,30H,7-8,13-23H2,1-6H3,(H,34,42). The SMILES string of the molecule is CCCCN1C(=O)C(CC(C)C)NC(=O)C12CCN(Cc1c(C)nn(-c3ccc(S(=O)(=O)N4CCN(C)CC4)cc3)c1C)CC2. The van der Waals surface area contributed by atoms with Crippen LogP contribution in [0.2, 0.25) is 0 Å². The smallest absolute Gasteiger partial charge is 0.246 e. The van der Waals surface area contributed by atoms with Crippen LogP contribution in [-0.4, -0.2) is 113 Å². The van der Waals surface area contributed by atoms with E-state index in [1.807, 2.05) is 42.6 Å². The third-order valence-corrected chi connectivity index (χ3v) is 11.9. The molecule has 248 valence electrons. The molecule has 1 aromatic carbocycles. The molecule has 5 rings (SSSR count). The molecule has 1 N–H and O–H groups in total. The van der Waals surface area contributed by atoms with Crippen molar-refractivity contribution in [3.63, 3.8) is 0 Å². The highest BCUT2D eigenvalue weighted by molar-refractivity contribution is 7.89. The molecule has 0 saturated carbocycles. The Hall–Kier alpha value is -2.80. The molecule has 1 unspecified atom stereocenters. The molecule has 45 heavy (non-hydrogen) atoms. The van der Waals surface area contributed by atoms with E-state index in [2.05, 4.69) is 35.9 Å². The molecule has 12 heteroatoms. The zero-order valence-corrected chi connectivity index (χ0v) is 28.7. The number of carbonyl (C=O) groups excluding carboxylic acids is 2.